The molecule has 0 saturated carbocycles. The van der Waals surface area contributed by atoms with Gasteiger partial charge in [-0.05, 0) is 81.9 Å². The third-order valence-corrected chi connectivity index (χ3v) is 7.54. The molecule has 4 aromatic rings. The van der Waals surface area contributed by atoms with Crippen molar-refractivity contribution in [1.82, 2.24) is 29.7 Å². The Bertz CT molecular complexity index is 1580. The highest BCUT2D eigenvalue weighted by atomic mass is 19.4. The van der Waals surface area contributed by atoms with E-state index in [1.807, 2.05) is 25.9 Å². The van der Waals surface area contributed by atoms with Crippen LogP contribution in [-0.2, 0) is 12.7 Å². The second-order valence-electron chi connectivity index (χ2n) is 10.9. The van der Waals surface area contributed by atoms with E-state index in [0.717, 1.165) is 36.6 Å². The van der Waals surface area contributed by atoms with E-state index >= 15 is 0 Å². The van der Waals surface area contributed by atoms with Crippen LogP contribution < -0.4 is 10.6 Å². The molecule has 5 rings (SSSR count). The number of aryl methyl sites for hydroxylation is 1. The standard InChI is InChI=1S/C31H33F3N8O/c1-20-6-9-24(14-28(20)40-30-37-11-10-27(39-30)23-15-35-19-36-16-23)38-29(43)21-7-8-22(26(13-21)31(32,33)34)17-42-12-4-5-25(18-42)41(2)3/h6-11,13-16,19,25H,4-5,12,17-18H2,1-3H3,(H,38,43)(H,37,39,40). The van der Waals surface area contributed by atoms with E-state index in [1.165, 1.54) is 18.5 Å². The van der Waals surface area contributed by atoms with Crippen LogP contribution in [0, 0.1) is 6.92 Å². The average Bonchev–Trinajstić information content (AvgIpc) is 2.99. The lowest BCUT2D eigenvalue weighted by Gasteiger charge is -2.36. The number of anilines is 3. The van der Waals surface area contributed by atoms with Crippen LogP contribution in [0.3, 0.4) is 0 Å². The van der Waals surface area contributed by atoms with Crippen molar-refractivity contribution in [1.29, 1.82) is 0 Å². The van der Waals surface area contributed by atoms with E-state index in [2.05, 4.69) is 35.5 Å². The van der Waals surface area contributed by atoms with Crippen LogP contribution in [0.25, 0.3) is 11.3 Å². The van der Waals surface area contributed by atoms with E-state index in [0.29, 0.717) is 35.6 Å². The first-order valence-corrected chi connectivity index (χ1v) is 13.9. The van der Waals surface area contributed by atoms with E-state index in [1.54, 1.807) is 42.9 Å². The van der Waals surface area contributed by atoms with Gasteiger partial charge in [-0.25, -0.2) is 19.9 Å². The number of carbonyl (C=O) groups excluding carboxylic acids is 1. The molecule has 12 heteroatoms. The fourth-order valence-corrected chi connectivity index (χ4v) is 5.13. The van der Waals surface area contributed by atoms with Crippen molar-refractivity contribution in [3.05, 3.63) is 89.6 Å². The zero-order valence-corrected chi connectivity index (χ0v) is 24.2. The number of nitrogens with one attached hydrogen (secondary N) is 2. The Hall–Kier alpha value is -4.42. The molecule has 2 aromatic heterocycles. The van der Waals surface area contributed by atoms with Crippen LogP contribution >= 0.6 is 0 Å². The van der Waals surface area contributed by atoms with E-state index in [4.69, 9.17) is 0 Å². The summed E-state index contributed by atoms with van der Waals surface area (Å²) >= 11 is 0. The number of halogens is 3. The van der Waals surface area contributed by atoms with Crippen LogP contribution in [0.2, 0.25) is 0 Å². The number of aromatic nitrogens is 4. The maximum absolute atomic E-state index is 14.1. The van der Waals surface area contributed by atoms with Gasteiger partial charge in [0.25, 0.3) is 5.91 Å². The maximum atomic E-state index is 14.1. The molecule has 1 aliphatic heterocycles. The maximum Gasteiger partial charge on any atom is 0.416 e. The van der Waals surface area contributed by atoms with Gasteiger partial charge in [-0.1, -0.05) is 12.1 Å². The fourth-order valence-electron chi connectivity index (χ4n) is 5.13. The summed E-state index contributed by atoms with van der Waals surface area (Å²) in [7, 11) is 3.98. The van der Waals surface area contributed by atoms with Gasteiger partial charge in [0, 0.05) is 60.2 Å². The van der Waals surface area contributed by atoms with Gasteiger partial charge < -0.3 is 15.5 Å². The molecule has 9 nitrogen and oxygen atoms in total. The average molecular weight is 591 g/mol. The molecule has 43 heavy (non-hydrogen) atoms. The van der Waals surface area contributed by atoms with Gasteiger partial charge in [-0.15, -0.1) is 0 Å². The fraction of sp³-hybridized carbons (Fsp3) is 0.323. The van der Waals surface area contributed by atoms with Crippen molar-refractivity contribution in [2.75, 3.05) is 37.8 Å². The van der Waals surface area contributed by atoms with Crippen molar-refractivity contribution < 1.29 is 18.0 Å². The number of piperidine rings is 1. The first-order valence-electron chi connectivity index (χ1n) is 13.9. The van der Waals surface area contributed by atoms with Crippen molar-refractivity contribution in [3.63, 3.8) is 0 Å². The lowest BCUT2D eigenvalue weighted by atomic mass is 10.00. The Morgan fingerprint density at radius 1 is 1.09 bits per heavy atom. The van der Waals surface area contributed by atoms with Gasteiger partial charge in [0.2, 0.25) is 5.95 Å². The summed E-state index contributed by atoms with van der Waals surface area (Å²) in [6.45, 7) is 3.49. The van der Waals surface area contributed by atoms with E-state index < -0.39 is 17.6 Å². The molecule has 0 bridgehead atoms. The zero-order valence-electron chi connectivity index (χ0n) is 24.2. The number of alkyl halides is 3. The molecule has 1 amide bonds. The molecular formula is C31H33F3N8O. The van der Waals surface area contributed by atoms with Gasteiger partial charge in [-0.3, -0.25) is 9.69 Å². The minimum absolute atomic E-state index is 0.0721. The van der Waals surface area contributed by atoms with Crippen molar-refractivity contribution in [2.45, 2.75) is 38.5 Å². The number of nitrogens with zero attached hydrogens (tertiary/aromatic N) is 6. The van der Waals surface area contributed by atoms with Gasteiger partial charge in [0.1, 0.15) is 6.33 Å². The Labute approximate surface area is 248 Å². The van der Waals surface area contributed by atoms with Crippen LogP contribution in [0.5, 0.6) is 0 Å². The molecule has 0 radical (unpaired) electrons. The summed E-state index contributed by atoms with van der Waals surface area (Å²) in [6.07, 6.45) is 3.68. The van der Waals surface area contributed by atoms with Crippen LogP contribution in [-0.4, -0.2) is 68.9 Å². The predicted octanol–water partition coefficient (Wildman–Crippen LogP) is 5.78. The minimum atomic E-state index is -4.59. The van der Waals surface area contributed by atoms with E-state index in [-0.39, 0.29) is 17.7 Å². The summed E-state index contributed by atoms with van der Waals surface area (Å²) < 4.78 is 42.4. The lowest BCUT2D eigenvalue weighted by Crippen LogP contribution is -2.44. The van der Waals surface area contributed by atoms with Crippen LogP contribution in [0.1, 0.15) is 39.9 Å². The third-order valence-electron chi connectivity index (χ3n) is 7.54. The molecule has 1 fully saturated rings. The van der Waals surface area contributed by atoms with Crippen molar-refractivity contribution >= 4 is 23.2 Å². The number of likely N-dealkylation sites (tertiary alicyclic amines) is 1. The van der Waals surface area contributed by atoms with Crippen molar-refractivity contribution in [3.8, 4) is 11.3 Å². The Morgan fingerprint density at radius 2 is 1.88 bits per heavy atom. The van der Waals surface area contributed by atoms with Gasteiger partial charge >= 0.3 is 6.18 Å². The summed E-state index contributed by atoms with van der Waals surface area (Å²) in [4.78, 5) is 34.1. The monoisotopic (exact) mass is 590 g/mol. The number of carbonyl (C=O) groups is 1. The number of rotatable bonds is 8. The number of likely N-dealkylation sites (N-methyl/N-ethyl adjacent to an activating group) is 1. The molecule has 0 aliphatic carbocycles. The topological polar surface area (TPSA) is 99.2 Å². The molecule has 2 N–H and O–H groups in total. The van der Waals surface area contributed by atoms with Gasteiger partial charge in [0.15, 0.2) is 0 Å². The normalized spacial score (nSPS) is 15.8. The molecule has 3 heterocycles. The van der Waals surface area contributed by atoms with Crippen LogP contribution in [0.4, 0.5) is 30.5 Å². The first kappa shape index (κ1) is 30.1. The summed E-state index contributed by atoms with van der Waals surface area (Å²) in [5.41, 5.74) is 2.54. The summed E-state index contributed by atoms with van der Waals surface area (Å²) in [5.74, 6) is -0.316. The second kappa shape index (κ2) is 12.8. The molecule has 1 atom stereocenters. The first-order chi connectivity index (χ1) is 20.6. The number of amides is 1. The largest absolute Gasteiger partial charge is 0.416 e. The second-order valence-corrected chi connectivity index (χ2v) is 10.9. The summed E-state index contributed by atoms with van der Waals surface area (Å²) in [6, 6.07) is 11.0. The molecule has 2 aromatic carbocycles. The highest BCUT2D eigenvalue weighted by Crippen LogP contribution is 2.34. The minimum Gasteiger partial charge on any atom is -0.324 e. The third kappa shape index (κ3) is 7.51. The van der Waals surface area contributed by atoms with Crippen molar-refractivity contribution in [2.24, 2.45) is 0 Å². The zero-order chi connectivity index (χ0) is 30.6. The number of benzene rings is 2. The molecule has 1 saturated heterocycles. The molecule has 1 unspecified atom stereocenters. The molecular weight excluding hydrogens is 557 g/mol. The van der Waals surface area contributed by atoms with Gasteiger partial charge in [-0.2, -0.15) is 13.2 Å². The lowest BCUT2D eigenvalue weighted by molar-refractivity contribution is -0.138. The quantitative estimate of drug-likeness (QED) is 0.266. The Balaban J connectivity index is 1.32. The molecule has 1 aliphatic rings. The molecule has 224 valence electrons. The Morgan fingerprint density at radius 3 is 2.63 bits per heavy atom. The van der Waals surface area contributed by atoms with Gasteiger partial charge in [0.05, 0.1) is 11.3 Å². The predicted molar refractivity (Wildman–Crippen MR) is 159 cm³/mol. The van der Waals surface area contributed by atoms with Crippen LogP contribution in [0.15, 0.2) is 67.4 Å². The highest BCUT2D eigenvalue weighted by Gasteiger charge is 2.35. The summed E-state index contributed by atoms with van der Waals surface area (Å²) in [5, 5.41) is 5.88. The number of hydrogen-bond donors (Lipinski definition) is 2. The number of hydrogen-bond acceptors (Lipinski definition) is 8. The highest BCUT2D eigenvalue weighted by molar-refractivity contribution is 6.04. The van der Waals surface area contributed by atoms with E-state index in [9.17, 15) is 18.0 Å². The smallest absolute Gasteiger partial charge is 0.324 e. The SMILES string of the molecule is Cc1ccc(NC(=O)c2ccc(CN3CCCC(N(C)C)C3)c(C(F)(F)F)c2)cc1Nc1nccc(-c2cncnc2)n1. The Kier molecular flexibility index (Phi) is 8.97. The molecule has 0 spiro atoms.